The van der Waals surface area contributed by atoms with E-state index in [1.54, 1.807) is 7.11 Å². The number of fused-ring (bicyclic) bond motifs is 1. The lowest BCUT2D eigenvalue weighted by Gasteiger charge is -2.61. The summed E-state index contributed by atoms with van der Waals surface area (Å²) in [6, 6.07) is 7.08. The third kappa shape index (κ3) is 2.76. The molecule has 4 heteroatoms. The number of amides is 1. The molecule has 3 atom stereocenters. The smallest absolute Gasteiger partial charge is 0.223 e. The number of aromatic amines is 1. The van der Waals surface area contributed by atoms with Gasteiger partial charge in [0.1, 0.15) is 5.75 Å². The van der Waals surface area contributed by atoms with Crippen molar-refractivity contribution in [3.05, 3.63) is 30.0 Å². The fourth-order valence-corrected chi connectivity index (χ4v) is 6.55. The lowest BCUT2D eigenvalue weighted by Crippen LogP contribution is -2.62. The molecule has 1 N–H and O–H groups in total. The summed E-state index contributed by atoms with van der Waals surface area (Å²) in [6.07, 6.45) is 8.94. The van der Waals surface area contributed by atoms with Crippen LogP contribution in [0.4, 0.5) is 0 Å². The Morgan fingerprint density at radius 1 is 1.33 bits per heavy atom. The van der Waals surface area contributed by atoms with E-state index in [-0.39, 0.29) is 7.34 Å². The van der Waals surface area contributed by atoms with Gasteiger partial charge in [-0.2, -0.15) is 0 Å². The van der Waals surface area contributed by atoms with Crippen molar-refractivity contribution < 1.29 is 11.0 Å². The van der Waals surface area contributed by atoms with Crippen LogP contribution in [0.5, 0.6) is 5.75 Å². The number of carbonyl (C=O) groups is 1. The maximum atomic E-state index is 13.3. The molecule has 1 aromatic carbocycles. The van der Waals surface area contributed by atoms with Crippen LogP contribution in [0.15, 0.2) is 24.4 Å². The Labute approximate surface area is 162 Å². The number of aromatic nitrogens is 1. The quantitative estimate of drug-likeness (QED) is 0.816. The number of piperidine rings is 2. The number of hydrogen-bond donors (Lipinski definition) is 1. The molecule has 3 heterocycles. The molecule has 0 radical (unpaired) electrons. The average Bonchev–Trinajstić information content (AvgIpc) is 3.02. The Bertz CT molecular complexity index is 876. The number of rotatable bonds is 4. The van der Waals surface area contributed by atoms with Gasteiger partial charge in [0.05, 0.1) is 7.11 Å². The molecule has 27 heavy (non-hydrogen) atoms. The van der Waals surface area contributed by atoms with Gasteiger partial charge in [-0.05, 0) is 73.1 Å². The summed E-state index contributed by atoms with van der Waals surface area (Å²) in [7, 11) is 1.70. The monoisotopic (exact) mass is 368 g/mol. The van der Waals surface area contributed by atoms with E-state index < -0.39 is 0 Å². The predicted molar refractivity (Wildman–Crippen MR) is 109 cm³/mol. The molecule has 3 unspecified atom stereocenters. The number of nitrogens with zero attached hydrogens (tertiary/aromatic N) is 1. The molecule has 2 saturated heterocycles. The predicted octanol–water partition coefficient (Wildman–Crippen LogP) is 5.10. The topological polar surface area (TPSA) is 45.3 Å². The van der Waals surface area contributed by atoms with E-state index in [1.807, 2.05) is 12.1 Å². The van der Waals surface area contributed by atoms with Crippen LogP contribution < -0.4 is 4.74 Å². The minimum absolute atomic E-state index is 0. The molecular weight excluding hydrogens is 336 g/mol. The van der Waals surface area contributed by atoms with Gasteiger partial charge in [-0.15, -0.1) is 0 Å². The summed E-state index contributed by atoms with van der Waals surface area (Å²) < 4.78 is 5.39. The largest absolute Gasteiger partial charge is 0.497 e. The van der Waals surface area contributed by atoms with Crippen LogP contribution in [-0.2, 0) is 4.79 Å². The third-order valence-corrected chi connectivity index (χ3v) is 7.46. The number of benzene rings is 1. The highest BCUT2D eigenvalue weighted by atomic mass is 16.5. The molecule has 4 fully saturated rings. The minimum atomic E-state index is 0. The van der Waals surface area contributed by atoms with E-state index >= 15 is 0 Å². The molecule has 2 saturated carbocycles. The molecule has 4 bridgehead atoms. The fourth-order valence-electron chi connectivity index (χ4n) is 6.55. The average molecular weight is 369 g/mol. The van der Waals surface area contributed by atoms with Crippen LogP contribution in [0.2, 0.25) is 0 Å². The third-order valence-electron chi connectivity index (χ3n) is 7.46. The number of H-pyrrole nitrogens is 1. The van der Waals surface area contributed by atoms with Crippen LogP contribution in [0.3, 0.4) is 0 Å². The van der Waals surface area contributed by atoms with Crippen molar-refractivity contribution in [1.29, 1.82) is 0 Å². The van der Waals surface area contributed by atoms with Crippen molar-refractivity contribution in [2.75, 3.05) is 7.11 Å². The Kier molecular flexibility index (Phi) is 3.82. The molecular formula is C23H32N2O2. The molecule has 2 aromatic rings. The first-order valence-corrected chi connectivity index (χ1v) is 10.4. The maximum absolute atomic E-state index is 13.3. The Morgan fingerprint density at radius 3 is 2.74 bits per heavy atom. The standard InChI is InChI=1S/C23H30N2O2.H2/c1-14(20-13-24-21-5-4-18(27-3)9-19(20)21)6-22(26)25-16-7-15-8-17(25)12-23(2,10-15)11-16;/h4-5,9,13-17,24H,6-8,10-12H2,1-3H3;1H. The summed E-state index contributed by atoms with van der Waals surface area (Å²) >= 11 is 0. The molecule has 4 aliphatic rings. The Hall–Kier alpha value is -1.97. The zero-order chi connectivity index (χ0) is 18.8. The number of ether oxygens (including phenoxy) is 1. The molecule has 146 valence electrons. The van der Waals surface area contributed by atoms with Gasteiger partial charge < -0.3 is 14.6 Å². The van der Waals surface area contributed by atoms with Crippen LogP contribution in [0.25, 0.3) is 10.9 Å². The summed E-state index contributed by atoms with van der Waals surface area (Å²) in [5.41, 5.74) is 2.81. The fraction of sp³-hybridized carbons (Fsp3) is 0.609. The first kappa shape index (κ1) is 17.2. The first-order valence-electron chi connectivity index (χ1n) is 10.4. The van der Waals surface area contributed by atoms with E-state index in [4.69, 9.17) is 4.74 Å². The van der Waals surface area contributed by atoms with E-state index in [2.05, 4.69) is 36.0 Å². The number of nitrogens with one attached hydrogen (secondary N) is 1. The van der Waals surface area contributed by atoms with Gasteiger partial charge >= 0.3 is 0 Å². The summed E-state index contributed by atoms with van der Waals surface area (Å²) in [5.74, 6) is 2.28. The molecule has 4 nitrogen and oxygen atoms in total. The van der Waals surface area contributed by atoms with Gasteiger partial charge in [0.25, 0.3) is 0 Å². The Morgan fingerprint density at radius 2 is 2.07 bits per heavy atom. The van der Waals surface area contributed by atoms with E-state index in [0.29, 0.717) is 29.8 Å². The van der Waals surface area contributed by atoms with Crippen molar-refractivity contribution in [3.8, 4) is 5.75 Å². The molecule has 1 amide bonds. The van der Waals surface area contributed by atoms with Crippen molar-refractivity contribution in [2.45, 2.75) is 70.4 Å². The molecule has 1 aromatic heterocycles. The normalized spacial score (nSPS) is 32.9. The van der Waals surface area contributed by atoms with Crippen LogP contribution in [0, 0.1) is 11.3 Å². The SMILES string of the molecule is COc1ccc2[nH]cc(C(C)CC(=O)N3C4CC5CC3CC(C)(C5)C4)c2c1.[HH]. The van der Waals surface area contributed by atoms with E-state index in [9.17, 15) is 4.79 Å². The van der Waals surface area contributed by atoms with Crippen LogP contribution >= 0.6 is 0 Å². The van der Waals surface area contributed by atoms with Crippen molar-refractivity contribution in [1.82, 2.24) is 9.88 Å². The highest BCUT2D eigenvalue weighted by molar-refractivity contribution is 5.86. The molecule has 6 rings (SSSR count). The highest BCUT2D eigenvalue weighted by Crippen LogP contribution is 2.56. The van der Waals surface area contributed by atoms with Crippen molar-refractivity contribution >= 4 is 16.8 Å². The van der Waals surface area contributed by atoms with Crippen LogP contribution in [-0.4, -0.2) is 35.0 Å². The van der Waals surface area contributed by atoms with E-state index in [0.717, 1.165) is 17.2 Å². The lowest BCUT2D eigenvalue weighted by atomic mass is 9.56. The first-order chi connectivity index (χ1) is 13.0. The second kappa shape index (κ2) is 6.02. The van der Waals surface area contributed by atoms with Gasteiger partial charge in [-0.3, -0.25) is 4.79 Å². The summed E-state index contributed by atoms with van der Waals surface area (Å²) in [5, 5.41) is 1.17. The van der Waals surface area contributed by atoms with Crippen LogP contribution in [0.1, 0.15) is 65.3 Å². The molecule has 0 spiro atoms. The van der Waals surface area contributed by atoms with Gasteiger partial charge in [0.2, 0.25) is 5.91 Å². The second-order valence-corrected chi connectivity index (χ2v) is 9.63. The van der Waals surface area contributed by atoms with Gasteiger partial charge in [-0.1, -0.05) is 13.8 Å². The lowest BCUT2D eigenvalue weighted by molar-refractivity contribution is -0.156. The van der Waals surface area contributed by atoms with E-state index in [1.165, 1.54) is 43.1 Å². The second-order valence-electron chi connectivity index (χ2n) is 9.63. The Balaban J connectivity index is 0.00000192. The molecule has 2 aliphatic heterocycles. The van der Waals surface area contributed by atoms with Crippen molar-refractivity contribution in [3.63, 3.8) is 0 Å². The van der Waals surface area contributed by atoms with Gasteiger partial charge in [-0.25, -0.2) is 0 Å². The number of carbonyl (C=O) groups excluding carboxylic acids is 1. The molecule has 2 aliphatic carbocycles. The maximum Gasteiger partial charge on any atom is 0.223 e. The minimum Gasteiger partial charge on any atom is -0.497 e. The zero-order valence-electron chi connectivity index (χ0n) is 16.6. The van der Waals surface area contributed by atoms with Gasteiger partial charge in [0, 0.05) is 37.0 Å². The number of methoxy groups -OCH3 is 1. The summed E-state index contributed by atoms with van der Waals surface area (Å²) in [4.78, 5) is 18.9. The van der Waals surface area contributed by atoms with Crippen molar-refractivity contribution in [2.24, 2.45) is 11.3 Å². The highest BCUT2D eigenvalue weighted by Gasteiger charge is 2.53. The van der Waals surface area contributed by atoms with Gasteiger partial charge in [0.15, 0.2) is 0 Å². The zero-order valence-corrected chi connectivity index (χ0v) is 16.6. The number of hydrogen-bond acceptors (Lipinski definition) is 2. The summed E-state index contributed by atoms with van der Waals surface area (Å²) in [6.45, 7) is 4.63.